The highest BCUT2D eigenvalue weighted by atomic mass is 16.6. The number of hydrogen-bond donors (Lipinski definition) is 3. The fourth-order valence-electron chi connectivity index (χ4n) is 5.25. The molecule has 2 heterocycles. The average molecular weight is 487 g/mol. The van der Waals surface area contributed by atoms with Gasteiger partial charge in [0.1, 0.15) is 5.60 Å². The number of carbonyl (C=O) groups is 2. The van der Waals surface area contributed by atoms with Crippen LogP contribution in [0.15, 0.2) is 18.2 Å². The van der Waals surface area contributed by atoms with Gasteiger partial charge < -0.3 is 35.1 Å². The molecule has 1 aliphatic carbocycles. The van der Waals surface area contributed by atoms with Crippen molar-refractivity contribution in [3.63, 3.8) is 0 Å². The molecule has 1 saturated heterocycles. The highest BCUT2D eigenvalue weighted by molar-refractivity contribution is 5.89. The Labute approximate surface area is 206 Å². The van der Waals surface area contributed by atoms with Crippen molar-refractivity contribution >= 4 is 28.8 Å². The van der Waals surface area contributed by atoms with Crippen molar-refractivity contribution in [1.82, 2.24) is 14.8 Å². The van der Waals surface area contributed by atoms with Crippen LogP contribution in [-0.2, 0) is 28.9 Å². The van der Waals surface area contributed by atoms with Crippen LogP contribution < -0.4 is 11.1 Å². The maximum absolute atomic E-state index is 13.0. The Morgan fingerprint density at radius 1 is 1.29 bits per heavy atom. The zero-order valence-corrected chi connectivity index (χ0v) is 21.6. The van der Waals surface area contributed by atoms with Gasteiger partial charge in [-0.2, -0.15) is 0 Å². The van der Waals surface area contributed by atoms with E-state index in [1.165, 1.54) is 0 Å². The molecule has 1 aliphatic heterocycles. The first-order valence-electron chi connectivity index (χ1n) is 12.3. The molecule has 4 rings (SSSR count). The third-order valence-electron chi connectivity index (χ3n) is 6.80. The van der Waals surface area contributed by atoms with Crippen molar-refractivity contribution in [2.75, 3.05) is 12.3 Å². The van der Waals surface area contributed by atoms with Gasteiger partial charge in [-0.3, -0.25) is 0 Å². The molecule has 0 radical (unpaired) electrons. The van der Waals surface area contributed by atoms with Crippen molar-refractivity contribution in [2.24, 2.45) is 0 Å². The molecule has 4 N–H and O–H groups in total. The third-order valence-corrected chi connectivity index (χ3v) is 6.80. The molecule has 3 atom stereocenters. The molecule has 35 heavy (non-hydrogen) atoms. The molecule has 192 valence electrons. The van der Waals surface area contributed by atoms with Gasteiger partial charge in [-0.25, -0.2) is 9.59 Å². The fraction of sp³-hybridized carbons (Fsp3) is 0.615. The van der Waals surface area contributed by atoms with Crippen molar-refractivity contribution in [1.29, 1.82) is 0 Å². The molecule has 2 aromatic rings. The topological polar surface area (TPSA) is 119 Å². The zero-order valence-electron chi connectivity index (χ0n) is 21.6. The first-order chi connectivity index (χ1) is 16.2. The lowest BCUT2D eigenvalue weighted by atomic mass is 9.97. The van der Waals surface area contributed by atoms with Crippen LogP contribution in [0.1, 0.15) is 59.2 Å². The smallest absolute Gasteiger partial charge is 0.410 e. The summed E-state index contributed by atoms with van der Waals surface area (Å²) in [7, 11) is 0. The van der Waals surface area contributed by atoms with E-state index in [1.807, 2.05) is 52.8 Å². The number of fused-ring (bicyclic) bond motifs is 3. The van der Waals surface area contributed by atoms with Gasteiger partial charge in [0.25, 0.3) is 0 Å². The molecule has 9 nitrogen and oxygen atoms in total. The number of benzene rings is 1. The number of carbonyl (C=O) groups excluding carboxylic acids is 2. The Hall–Kier alpha value is -2.94. The highest BCUT2D eigenvalue weighted by Gasteiger charge is 2.47. The van der Waals surface area contributed by atoms with Gasteiger partial charge in [0.2, 0.25) is 0 Å². The number of ether oxygens (including phenoxy) is 2. The first-order valence-corrected chi connectivity index (χ1v) is 12.3. The molecule has 0 bridgehead atoms. The van der Waals surface area contributed by atoms with Crippen LogP contribution >= 0.6 is 0 Å². The number of alkyl carbamates (subject to hydrolysis) is 1. The summed E-state index contributed by atoms with van der Waals surface area (Å²) in [4.78, 5) is 26.9. The van der Waals surface area contributed by atoms with Gasteiger partial charge in [0.05, 0.1) is 17.7 Å². The van der Waals surface area contributed by atoms with Gasteiger partial charge in [0.15, 0.2) is 0 Å². The maximum Gasteiger partial charge on any atom is 0.410 e. The van der Waals surface area contributed by atoms with E-state index in [2.05, 4.69) is 9.88 Å². The first kappa shape index (κ1) is 25.2. The summed E-state index contributed by atoms with van der Waals surface area (Å²) >= 11 is 0. The van der Waals surface area contributed by atoms with E-state index in [0.717, 1.165) is 22.2 Å². The molecule has 0 spiro atoms. The van der Waals surface area contributed by atoms with Gasteiger partial charge in [0, 0.05) is 47.8 Å². The van der Waals surface area contributed by atoms with Crippen LogP contribution in [0.5, 0.6) is 0 Å². The lowest BCUT2D eigenvalue weighted by molar-refractivity contribution is -0.0106. The van der Waals surface area contributed by atoms with Crippen LogP contribution in [0, 0.1) is 0 Å². The number of nitrogen functional groups attached to an aromatic ring is 1. The van der Waals surface area contributed by atoms with Gasteiger partial charge in [-0.15, -0.1) is 0 Å². The number of rotatable bonds is 4. The number of aromatic nitrogens is 1. The third kappa shape index (κ3) is 5.19. The number of nitrogens with one attached hydrogen (secondary N) is 1. The van der Waals surface area contributed by atoms with Gasteiger partial charge in [-0.1, -0.05) is 0 Å². The quantitative estimate of drug-likeness (QED) is 0.569. The molecule has 1 aromatic carbocycles. The van der Waals surface area contributed by atoms with Gasteiger partial charge in [-0.05, 0) is 78.1 Å². The minimum Gasteiger partial charge on any atom is -0.447 e. The average Bonchev–Trinajstić information content (AvgIpc) is 3.32. The van der Waals surface area contributed by atoms with Gasteiger partial charge >= 0.3 is 12.2 Å². The summed E-state index contributed by atoms with van der Waals surface area (Å²) < 4.78 is 13.1. The van der Waals surface area contributed by atoms with Crippen LogP contribution in [0.25, 0.3) is 10.9 Å². The number of hydrogen-bond acceptors (Lipinski definition) is 6. The van der Waals surface area contributed by atoms with E-state index >= 15 is 0 Å². The summed E-state index contributed by atoms with van der Waals surface area (Å²) in [6, 6.07) is 5.24. The summed E-state index contributed by atoms with van der Waals surface area (Å²) in [5.41, 5.74) is 8.29. The molecule has 0 unspecified atom stereocenters. The standard InChI is InChI=1S/C26H38N4O5/c1-15(2)34-23(31)28-17-12-19-18-11-16(27)7-8-20(18)30(21(19)13-17)14-22-26(6,33)9-10-29(22)24(32)35-25(3,4)5/h7-8,11,15,17,22,33H,9-10,12-14,27H2,1-6H3,(H,28,31)/t17-,22-,26+/m0/s1. The molecule has 1 aromatic heterocycles. The van der Waals surface area contributed by atoms with E-state index in [4.69, 9.17) is 15.2 Å². The monoisotopic (exact) mass is 486 g/mol. The summed E-state index contributed by atoms with van der Waals surface area (Å²) in [6.07, 6.45) is 0.701. The Morgan fingerprint density at radius 3 is 2.66 bits per heavy atom. The highest BCUT2D eigenvalue weighted by Crippen LogP contribution is 2.38. The Kier molecular flexibility index (Phi) is 6.42. The van der Waals surface area contributed by atoms with Crippen LogP contribution in [0.3, 0.4) is 0 Å². The van der Waals surface area contributed by atoms with Crippen LogP contribution in [0.4, 0.5) is 15.3 Å². The summed E-state index contributed by atoms with van der Waals surface area (Å²) in [5.74, 6) is 0. The number of nitrogens with zero attached hydrogens (tertiary/aromatic N) is 2. The van der Waals surface area contributed by atoms with E-state index in [9.17, 15) is 14.7 Å². The fourth-order valence-corrected chi connectivity index (χ4v) is 5.25. The minimum absolute atomic E-state index is 0.102. The molecule has 2 aliphatic rings. The minimum atomic E-state index is -1.06. The van der Waals surface area contributed by atoms with Crippen LogP contribution in [0.2, 0.25) is 0 Å². The second-order valence-corrected chi connectivity index (χ2v) is 11.3. The maximum atomic E-state index is 13.0. The van der Waals surface area contributed by atoms with E-state index in [-0.39, 0.29) is 12.1 Å². The molecule has 0 saturated carbocycles. The van der Waals surface area contributed by atoms with E-state index < -0.39 is 29.4 Å². The number of aliphatic hydroxyl groups is 1. The second kappa shape index (κ2) is 8.93. The van der Waals surface area contributed by atoms with Crippen molar-refractivity contribution < 1.29 is 24.2 Å². The SMILES string of the molecule is CC(C)OC(=O)N[C@H]1Cc2c(n(C[C@@H]3N(C(=O)OC(C)(C)C)CC[C@@]3(C)O)c3ccc(N)cc23)C1. The molecule has 1 fully saturated rings. The largest absolute Gasteiger partial charge is 0.447 e. The Bertz CT molecular complexity index is 1130. The lowest BCUT2D eigenvalue weighted by Crippen LogP contribution is -2.49. The zero-order chi connectivity index (χ0) is 25.7. The number of amides is 2. The van der Waals surface area contributed by atoms with Crippen molar-refractivity contribution in [2.45, 2.75) is 96.7 Å². The molecular weight excluding hydrogens is 448 g/mol. The van der Waals surface area contributed by atoms with E-state index in [1.54, 1.807) is 11.8 Å². The molecule has 9 heteroatoms. The number of anilines is 1. The van der Waals surface area contributed by atoms with E-state index in [0.29, 0.717) is 38.0 Å². The second-order valence-electron chi connectivity index (χ2n) is 11.3. The summed E-state index contributed by atoms with van der Waals surface area (Å²) in [6.45, 7) is 11.7. The Balaban J connectivity index is 1.66. The predicted molar refractivity (Wildman–Crippen MR) is 134 cm³/mol. The lowest BCUT2D eigenvalue weighted by Gasteiger charge is -2.34. The van der Waals surface area contributed by atoms with Crippen molar-refractivity contribution in [3.8, 4) is 0 Å². The number of nitrogens with two attached hydrogens (primary N) is 1. The Morgan fingerprint density at radius 2 is 2.00 bits per heavy atom. The van der Waals surface area contributed by atoms with Crippen LogP contribution in [-0.4, -0.2) is 62.7 Å². The normalized spacial score (nSPS) is 24.2. The molecular formula is C26H38N4O5. The molecule has 2 amide bonds. The summed E-state index contributed by atoms with van der Waals surface area (Å²) in [5, 5.41) is 15.2. The predicted octanol–water partition coefficient (Wildman–Crippen LogP) is 3.59. The van der Waals surface area contributed by atoms with Crippen molar-refractivity contribution in [3.05, 3.63) is 29.5 Å². The number of likely N-dealkylation sites (tertiary alicyclic amines) is 1.